The van der Waals surface area contributed by atoms with Crippen molar-refractivity contribution in [2.45, 2.75) is 26.4 Å². The van der Waals surface area contributed by atoms with Gasteiger partial charge in [-0.25, -0.2) is 0 Å². The summed E-state index contributed by atoms with van der Waals surface area (Å²) in [6.07, 6.45) is 1.59. The molecule has 0 N–H and O–H groups in total. The first-order valence-corrected chi connectivity index (χ1v) is 6.45. The van der Waals surface area contributed by atoms with Gasteiger partial charge in [0.05, 0.1) is 13.2 Å². The Morgan fingerprint density at radius 3 is 2.12 bits per heavy atom. The highest BCUT2D eigenvalue weighted by atomic mass is 31.2. The maximum atomic E-state index is 13.6. The van der Waals surface area contributed by atoms with E-state index in [-0.39, 0.29) is 13.2 Å². The molecule has 0 fully saturated rings. The Labute approximate surface area is 94.7 Å². The Bertz CT molecular complexity index is 303. The van der Waals surface area contributed by atoms with E-state index in [9.17, 15) is 13.3 Å². The molecule has 0 aromatic carbocycles. The molecule has 0 spiro atoms. The normalized spacial score (nSPS) is 13.3. The maximum Gasteiger partial charge on any atom is 0.403 e. The highest BCUT2D eigenvalue weighted by Gasteiger charge is 2.51. The first-order chi connectivity index (χ1) is 7.29. The minimum absolute atomic E-state index is 0.103. The zero-order valence-corrected chi connectivity index (χ0v) is 10.6. The van der Waals surface area contributed by atoms with Crippen LogP contribution in [0, 0.1) is 0 Å². The lowest BCUT2D eigenvalue weighted by molar-refractivity contribution is 0.0793. The van der Waals surface area contributed by atoms with E-state index in [0.717, 1.165) is 6.08 Å². The second-order valence-electron chi connectivity index (χ2n) is 3.10. The van der Waals surface area contributed by atoms with Gasteiger partial charge >= 0.3 is 13.3 Å². The average molecular weight is 254 g/mol. The zero-order chi connectivity index (χ0) is 12.8. The number of alkyl halides is 2. The van der Waals surface area contributed by atoms with E-state index in [1.54, 1.807) is 6.92 Å². The Hall–Kier alpha value is -0.510. The van der Waals surface area contributed by atoms with Crippen LogP contribution in [-0.2, 0) is 13.6 Å². The number of hydrogen-bond donors (Lipinski definition) is 0. The van der Waals surface area contributed by atoms with Crippen LogP contribution in [0.4, 0.5) is 8.78 Å². The molecule has 6 heteroatoms. The second kappa shape index (κ2) is 6.28. The van der Waals surface area contributed by atoms with Gasteiger partial charge in [-0.05, 0) is 26.8 Å². The lowest BCUT2D eigenvalue weighted by Crippen LogP contribution is -2.17. The number of halogens is 2. The average Bonchev–Trinajstić information content (AvgIpc) is 2.15. The summed E-state index contributed by atoms with van der Waals surface area (Å²) in [4.78, 5) is 0. The molecular weight excluding hydrogens is 237 g/mol. The van der Waals surface area contributed by atoms with E-state index >= 15 is 0 Å². The minimum atomic E-state index is -4.44. The van der Waals surface area contributed by atoms with Crippen molar-refractivity contribution in [3.8, 4) is 0 Å². The van der Waals surface area contributed by atoms with E-state index in [0.29, 0.717) is 11.6 Å². The molecule has 16 heavy (non-hydrogen) atoms. The van der Waals surface area contributed by atoms with Gasteiger partial charge in [-0.2, -0.15) is 8.78 Å². The lowest BCUT2D eigenvalue weighted by Gasteiger charge is -2.23. The second-order valence-corrected chi connectivity index (χ2v) is 5.21. The van der Waals surface area contributed by atoms with Crippen molar-refractivity contribution in [3.05, 3.63) is 24.3 Å². The summed E-state index contributed by atoms with van der Waals surface area (Å²) in [6.45, 7) is 7.74. The summed E-state index contributed by atoms with van der Waals surface area (Å²) in [5.74, 6) is 0. The number of rotatable bonds is 7. The van der Waals surface area contributed by atoms with Crippen molar-refractivity contribution < 1.29 is 22.4 Å². The molecule has 0 radical (unpaired) electrons. The number of allylic oxidation sites excluding steroid dienone is 3. The summed E-state index contributed by atoms with van der Waals surface area (Å²) >= 11 is 0. The summed E-state index contributed by atoms with van der Waals surface area (Å²) in [5.41, 5.74) is -3.21. The van der Waals surface area contributed by atoms with E-state index in [4.69, 9.17) is 0 Å². The van der Waals surface area contributed by atoms with Gasteiger partial charge in [-0.1, -0.05) is 18.2 Å². The molecule has 0 atom stereocenters. The van der Waals surface area contributed by atoms with Crippen LogP contribution in [-0.4, -0.2) is 18.9 Å². The van der Waals surface area contributed by atoms with Gasteiger partial charge in [0.1, 0.15) is 0 Å². The topological polar surface area (TPSA) is 35.5 Å². The van der Waals surface area contributed by atoms with Crippen molar-refractivity contribution in [3.63, 3.8) is 0 Å². The van der Waals surface area contributed by atoms with Crippen LogP contribution >= 0.6 is 7.60 Å². The molecule has 0 aliphatic carbocycles. The van der Waals surface area contributed by atoms with Crippen LogP contribution in [0.1, 0.15) is 20.8 Å². The van der Waals surface area contributed by atoms with E-state index in [2.05, 4.69) is 15.6 Å². The summed E-state index contributed by atoms with van der Waals surface area (Å²) in [6, 6.07) is 0. The Morgan fingerprint density at radius 1 is 1.38 bits per heavy atom. The fourth-order valence-electron chi connectivity index (χ4n) is 0.883. The van der Waals surface area contributed by atoms with Crippen LogP contribution in [0.3, 0.4) is 0 Å². The van der Waals surface area contributed by atoms with Gasteiger partial charge in [-0.3, -0.25) is 4.57 Å². The molecule has 0 heterocycles. The highest BCUT2D eigenvalue weighted by Crippen LogP contribution is 2.62. The summed E-state index contributed by atoms with van der Waals surface area (Å²) in [7, 11) is -4.44. The molecule has 94 valence electrons. The van der Waals surface area contributed by atoms with E-state index in [1.165, 1.54) is 13.8 Å². The van der Waals surface area contributed by atoms with E-state index < -0.39 is 13.3 Å². The van der Waals surface area contributed by atoms with Crippen molar-refractivity contribution in [2.24, 2.45) is 0 Å². The van der Waals surface area contributed by atoms with Crippen LogP contribution in [0.25, 0.3) is 0 Å². The number of hydrogen-bond acceptors (Lipinski definition) is 3. The van der Waals surface area contributed by atoms with Crippen LogP contribution in [0.5, 0.6) is 0 Å². The molecule has 0 aliphatic rings. The Kier molecular flexibility index (Phi) is 6.08. The first-order valence-electron chi connectivity index (χ1n) is 4.91. The van der Waals surface area contributed by atoms with Crippen molar-refractivity contribution in [1.29, 1.82) is 0 Å². The molecule has 0 unspecified atom stereocenters. The van der Waals surface area contributed by atoms with Gasteiger partial charge in [-0.15, -0.1) is 0 Å². The first kappa shape index (κ1) is 15.5. The molecule has 0 aromatic rings. The quantitative estimate of drug-likeness (QED) is 0.509. The molecular formula is C10H17F2O3P. The SMILES string of the molecule is C=C(C)/C=C/C(F)(F)P(=O)(OCC)OCC. The van der Waals surface area contributed by atoms with Crippen molar-refractivity contribution in [2.75, 3.05) is 13.2 Å². The molecule has 0 saturated heterocycles. The summed E-state index contributed by atoms with van der Waals surface area (Å²) < 4.78 is 48.0. The minimum Gasteiger partial charge on any atom is -0.304 e. The van der Waals surface area contributed by atoms with Crippen molar-refractivity contribution >= 4 is 7.60 Å². The van der Waals surface area contributed by atoms with Gasteiger partial charge in [0, 0.05) is 0 Å². The third-order valence-corrected chi connectivity index (χ3v) is 3.61. The van der Waals surface area contributed by atoms with Crippen LogP contribution in [0.15, 0.2) is 24.3 Å². The molecule has 3 nitrogen and oxygen atoms in total. The maximum absolute atomic E-state index is 13.6. The monoisotopic (exact) mass is 254 g/mol. The predicted octanol–water partition coefficient (Wildman–Crippen LogP) is 3.98. The van der Waals surface area contributed by atoms with Gasteiger partial charge in [0.15, 0.2) is 0 Å². The van der Waals surface area contributed by atoms with Gasteiger partial charge in [0.2, 0.25) is 0 Å². The van der Waals surface area contributed by atoms with E-state index in [1.807, 2.05) is 0 Å². The van der Waals surface area contributed by atoms with Crippen LogP contribution in [0.2, 0.25) is 0 Å². The Morgan fingerprint density at radius 2 is 1.81 bits per heavy atom. The standard InChI is InChI=1S/C10H17F2O3P/c1-5-14-16(13,15-6-2)10(11,12)8-7-9(3)4/h7-8H,3,5-6H2,1-2,4H3/b8-7+. The smallest absolute Gasteiger partial charge is 0.304 e. The molecule has 0 rings (SSSR count). The fraction of sp³-hybridized carbons (Fsp3) is 0.600. The molecule has 0 aromatic heterocycles. The Balaban J connectivity index is 5.03. The largest absolute Gasteiger partial charge is 0.403 e. The molecule has 0 bridgehead atoms. The third kappa shape index (κ3) is 4.16. The van der Waals surface area contributed by atoms with Crippen LogP contribution < -0.4 is 0 Å². The fourth-order valence-corrected chi connectivity index (χ4v) is 2.24. The zero-order valence-electron chi connectivity index (χ0n) is 9.70. The predicted molar refractivity (Wildman–Crippen MR) is 59.8 cm³/mol. The highest BCUT2D eigenvalue weighted by molar-refractivity contribution is 7.55. The van der Waals surface area contributed by atoms with Gasteiger partial charge in [0.25, 0.3) is 0 Å². The molecule has 0 aliphatic heterocycles. The molecule has 0 saturated carbocycles. The van der Waals surface area contributed by atoms with Crippen molar-refractivity contribution in [1.82, 2.24) is 0 Å². The lowest BCUT2D eigenvalue weighted by atomic mass is 10.3. The summed E-state index contributed by atoms with van der Waals surface area (Å²) in [5, 5.41) is 0. The molecule has 0 amide bonds. The third-order valence-electron chi connectivity index (χ3n) is 1.53. The van der Waals surface area contributed by atoms with Gasteiger partial charge < -0.3 is 9.05 Å².